The lowest BCUT2D eigenvalue weighted by molar-refractivity contribution is -0.384. The van der Waals surface area contributed by atoms with Gasteiger partial charge in [0.15, 0.2) is 0 Å². The first-order chi connectivity index (χ1) is 12.7. The Labute approximate surface area is 160 Å². The van der Waals surface area contributed by atoms with E-state index < -0.39 is 16.9 Å². The van der Waals surface area contributed by atoms with E-state index in [2.05, 4.69) is 31.4 Å². The molecule has 0 aliphatic heterocycles. The van der Waals surface area contributed by atoms with Gasteiger partial charge in [0.2, 0.25) is 5.91 Å². The van der Waals surface area contributed by atoms with Gasteiger partial charge in [0.05, 0.1) is 4.92 Å². The highest BCUT2D eigenvalue weighted by atomic mass is 16.6. The number of amides is 2. The molecule has 4 unspecified atom stereocenters. The van der Waals surface area contributed by atoms with E-state index in [-0.39, 0.29) is 23.2 Å². The second-order valence-corrected chi connectivity index (χ2v) is 7.94. The molecule has 2 N–H and O–H groups in total. The van der Waals surface area contributed by atoms with E-state index in [4.69, 9.17) is 0 Å². The van der Waals surface area contributed by atoms with Crippen molar-refractivity contribution in [2.75, 3.05) is 0 Å². The van der Waals surface area contributed by atoms with Gasteiger partial charge in [0.25, 0.3) is 11.6 Å². The molecule has 7 heteroatoms. The molecule has 1 aliphatic carbocycles. The second kappa shape index (κ2) is 8.97. The Bertz CT molecular complexity index is 704. The van der Waals surface area contributed by atoms with E-state index in [0.717, 1.165) is 12.8 Å². The van der Waals surface area contributed by atoms with Crippen LogP contribution in [0.4, 0.5) is 5.69 Å². The normalized spacial score (nSPS) is 23.5. The molecular weight excluding hydrogens is 346 g/mol. The number of carbonyl (C=O) groups excluding carboxylic acids is 2. The van der Waals surface area contributed by atoms with Crippen LogP contribution >= 0.6 is 0 Å². The minimum Gasteiger partial charge on any atom is -0.351 e. The lowest BCUT2D eigenvalue weighted by atomic mass is 9.74. The third-order valence-corrected chi connectivity index (χ3v) is 5.41. The van der Waals surface area contributed by atoms with Crippen molar-refractivity contribution in [2.45, 2.75) is 59.0 Å². The number of hydrogen-bond acceptors (Lipinski definition) is 4. The molecule has 0 spiro atoms. The van der Waals surface area contributed by atoms with Crippen molar-refractivity contribution in [3.63, 3.8) is 0 Å². The number of nitrogens with one attached hydrogen (secondary N) is 2. The Balaban J connectivity index is 1.99. The fraction of sp³-hybridized carbons (Fsp3) is 0.600. The number of nitrogens with zero attached hydrogens (tertiary/aromatic N) is 1. The summed E-state index contributed by atoms with van der Waals surface area (Å²) < 4.78 is 0. The molecule has 0 aromatic heterocycles. The van der Waals surface area contributed by atoms with Crippen LogP contribution in [-0.2, 0) is 4.79 Å². The van der Waals surface area contributed by atoms with Crippen molar-refractivity contribution >= 4 is 17.5 Å². The minimum atomic E-state index is -0.721. The highest BCUT2D eigenvalue weighted by Crippen LogP contribution is 2.33. The van der Waals surface area contributed by atoms with E-state index in [0.29, 0.717) is 17.8 Å². The molecule has 0 heterocycles. The summed E-state index contributed by atoms with van der Waals surface area (Å²) in [4.78, 5) is 35.2. The predicted molar refractivity (Wildman–Crippen MR) is 103 cm³/mol. The van der Waals surface area contributed by atoms with Crippen LogP contribution in [0.1, 0.15) is 57.3 Å². The highest BCUT2D eigenvalue weighted by Gasteiger charge is 2.32. The summed E-state index contributed by atoms with van der Waals surface area (Å²) in [5.74, 6) is 0.764. The zero-order valence-corrected chi connectivity index (χ0v) is 16.4. The summed E-state index contributed by atoms with van der Waals surface area (Å²) in [6.45, 7) is 8.17. The first-order valence-electron chi connectivity index (χ1n) is 9.54. The van der Waals surface area contributed by atoms with Crippen LogP contribution < -0.4 is 10.6 Å². The Kier molecular flexibility index (Phi) is 6.93. The summed E-state index contributed by atoms with van der Waals surface area (Å²) in [7, 11) is 0. The average molecular weight is 375 g/mol. The van der Waals surface area contributed by atoms with Gasteiger partial charge in [-0.25, -0.2) is 0 Å². The van der Waals surface area contributed by atoms with Crippen LogP contribution in [0, 0.1) is 27.9 Å². The number of hydrogen-bond donors (Lipinski definition) is 2. The summed E-state index contributed by atoms with van der Waals surface area (Å²) in [6, 6.07) is 4.86. The van der Waals surface area contributed by atoms with Crippen LogP contribution in [0.5, 0.6) is 0 Å². The van der Waals surface area contributed by atoms with Gasteiger partial charge in [0, 0.05) is 23.7 Å². The fourth-order valence-electron chi connectivity index (χ4n) is 3.78. The summed E-state index contributed by atoms with van der Waals surface area (Å²) >= 11 is 0. The van der Waals surface area contributed by atoms with E-state index in [9.17, 15) is 19.7 Å². The van der Waals surface area contributed by atoms with Crippen LogP contribution in [-0.4, -0.2) is 28.8 Å². The molecule has 148 valence electrons. The van der Waals surface area contributed by atoms with Gasteiger partial charge in [-0.3, -0.25) is 19.7 Å². The molecule has 1 saturated carbocycles. The molecule has 4 atom stereocenters. The van der Waals surface area contributed by atoms with Gasteiger partial charge in [-0.15, -0.1) is 0 Å². The minimum absolute atomic E-state index is 0.110. The smallest absolute Gasteiger partial charge is 0.270 e. The second-order valence-electron chi connectivity index (χ2n) is 7.94. The first-order valence-corrected chi connectivity index (χ1v) is 9.54. The maximum Gasteiger partial charge on any atom is 0.270 e. The van der Waals surface area contributed by atoms with Gasteiger partial charge in [-0.05, 0) is 43.6 Å². The molecule has 1 aromatic carbocycles. The third-order valence-electron chi connectivity index (χ3n) is 5.41. The van der Waals surface area contributed by atoms with Gasteiger partial charge < -0.3 is 10.6 Å². The van der Waals surface area contributed by atoms with Gasteiger partial charge in [0.1, 0.15) is 6.04 Å². The quantitative estimate of drug-likeness (QED) is 0.588. The zero-order chi connectivity index (χ0) is 20.1. The number of non-ortho nitro benzene ring substituents is 1. The molecule has 27 heavy (non-hydrogen) atoms. The lowest BCUT2D eigenvalue weighted by Gasteiger charge is -2.38. The molecule has 0 saturated heterocycles. The fourth-order valence-corrected chi connectivity index (χ4v) is 3.78. The van der Waals surface area contributed by atoms with E-state index >= 15 is 0 Å². The van der Waals surface area contributed by atoms with E-state index in [1.807, 2.05) is 0 Å². The Morgan fingerprint density at radius 2 is 1.93 bits per heavy atom. The molecule has 1 aromatic rings. The van der Waals surface area contributed by atoms with E-state index in [1.165, 1.54) is 30.7 Å². The van der Waals surface area contributed by atoms with Crippen LogP contribution in [0.3, 0.4) is 0 Å². The number of nitro groups is 1. The van der Waals surface area contributed by atoms with Crippen molar-refractivity contribution in [1.82, 2.24) is 10.6 Å². The van der Waals surface area contributed by atoms with Crippen LogP contribution in [0.2, 0.25) is 0 Å². The Hall–Kier alpha value is -2.44. The van der Waals surface area contributed by atoms with Gasteiger partial charge in [-0.2, -0.15) is 0 Å². The Morgan fingerprint density at radius 3 is 2.56 bits per heavy atom. The van der Waals surface area contributed by atoms with Crippen molar-refractivity contribution in [1.29, 1.82) is 0 Å². The molecule has 0 radical (unpaired) electrons. The number of rotatable bonds is 6. The Morgan fingerprint density at radius 1 is 1.22 bits per heavy atom. The summed E-state index contributed by atoms with van der Waals surface area (Å²) in [5.41, 5.74) is 0.00548. The predicted octanol–water partition coefficient (Wildman–Crippen LogP) is 3.29. The molecular formula is C20H29N3O4. The lowest BCUT2D eigenvalue weighted by Crippen LogP contribution is -2.52. The van der Waals surface area contributed by atoms with Crippen LogP contribution in [0.15, 0.2) is 24.3 Å². The van der Waals surface area contributed by atoms with Crippen molar-refractivity contribution in [3.05, 3.63) is 39.9 Å². The average Bonchev–Trinajstić information content (AvgIpc) is 2.61. The zero-order valence-electron chi connectivity index (χ0n) is 16.4. The van der Waals surface area contributed by atoms with Gasteiger partial charge in [-0.1, -0.05) is 33.3 Å². The van der Waals surface area contributed by atoms with Crippen molar-refractivity contribution in [3.8, 4) is 0 Å². The maximum absolute atomic E-state index is 12.6. The highest BCUT2D eigenvalue weighted by molar-refractivity contribution is 5.97. The molecule has 2 rings (SSSR count). The molecule has 1 aliphatic rings. The molecule has 0 bridgehead atoms. The standard InChI is InChI=1S/C20H29N3O4/c1-12(2)17-9-8-13(3)10-18(17)22-19(24)14(4)21-20(25)15-6-5-7-16(11-15)23(26)27/h5-7,11-14,17-18H,8-10H2,1-4H3,(H,21,25)(H,22,24). The number of nitro benzene ring substituents is 1. The molecule has 7 nitrogen and oxygen atoms in total. The monoisotopic (exact) mass is 375 g/mol. The SMILES string of the molecule is CC1CCC(C(C)C)C(NC(=O)C(C)NC(=O)c2cccc([N+](=O)[O-])c2)C1. The largest absolute Gasteiger partial charge is 0.351 e. The molecule has 1 fully saturated rings. The summed E-state index contributed by atoms with van der Waals surface area (Å²) in [5, 5.41) is 16.6. The summed E-state index contributed by atoms with van der Waals surface area (Å²) in [6.07, 6.45) is 3.21. The topological polar surface area (TPSA) is 101 Å². The van der Waals surface area contributed by atoms with Crippen LogP contribution in [0.25, 0.3) is 0 Å². The van der Waals surface area contributed by atoms with Crippen molar-refractivity contribution < 1.29 is 14.5 Å². The van der Waals surface area contributed by atoms with Crippen molar-refractivity contribution in [2.24, 2.45) is 17.8 Å². The van der Waals surface area contributed by atoms with E-state index in [1.54, 1.807) is 6.92 Å². The first kappa shape index (κ1) is 20.9. The third kappa shape index (κ3) is 5.52. The molecule has 2 amide bonds. The van der Waals surface area contributed by atoms with Gasteiger partial charge >= 0.3 is 0 Å². The number of benzene rings is 1. The number of carbonyl (C=O) groups is 2. The maximum atomic E-state index is 12.6.